The first-order valence-electron chi connectivity index (χ1n) is 9.48. The number of phenolic OH excluding ortho intramolecular Hbond substituents is 1. The van der Waals surface area contributed by atoms with Crippen molar-refractivity contribution < 1.29 is 14.6 Å². The summed E-state index contributed by atoms with van der Waals surface area (Å²) in [5.74, 6) is 0.00609. The minimum atomic E-state index is -0.408. The molecule has 4 aromatic rings. The molecule has 0 unspecified atom stereocenters. The number of aromatic nitrogens is 2. The lowest BCUT2D eigenvalue weighted by molar-refractivity contribution is 0.0950. The number of H-pyrrole nitrogens is 1. The van der Waals surface area contributed by atoms with Crippen molar-refractivity contribution >= 4 is 22.9 Å². The highest BCUT2D eigenvalue weighted by atomic mass is 16.5. The molecule has 0 bridgehead atoms. The number of nitrogens with zero attached hydrogens (tertiary/aromatic N) is 2. The number of aromatic hydroxyl groups is 1. The second-order valence-electron chi connectivity index (χ2n) is 6.55. The monoisotopic (exact) mass is 400 g/mol. The molecule has 0 aliphatic carbocycles. The van der Waals surface area contributed by atoms with Crippen molar-refractivity contribution in [2.75, 3.05) is 6.61 Å². The summed E-state index contributed by atoms with van der Waals surface area (Å²) in [6.45, 7) is 2.26. The molecular formula is C23H20N4O3. The van der Waals surface area contributed by atoms with Crippen LogP contribution in [-0.4, -0.2) is 34.0 Å². The van der Waals surface area contributed by atoms with Gasteiger partial charge in [0.25, 0.3) is 5.91 Å². The van der Waals surface area contributed by atoms with Crippen LogP contribution in [0.15, 0.2) is 71.8 Å². The van der Waals surface area contributed by atoms with Crippen LogP contribution in [0.5, 0.6) is 11.5 Å². The van der Waals surface area contributed by atoms with Gasteiger partial charge in [0.1, 0.15) is 5.69 Å². The number of hydrogen-bond donors (Lipinski definition) is 3. The number of benzene rings is 3. The van der Waals surface area contributed by atoms with E-state index >= 15 is 0 Å². The standard InChI is InChI=1S/C23H20N4O3/c1-2-30-22-12-15(10-11-21(22)28)14-24-27-23(29)20-13-19(25-26-20)18-9-5-7-16-6-3-4-8-17(16)18/h3-14,28H,2H2,1H3,(H,25,26)(H,27,29)/b24-14-. The highest BCUT2D eigenvalue weighted by molar-refractivity contribution is 5.98. The van der Waals surface area contributed by atoms with Crippen molar-refractivity contribution in [1.82, 2.24) is 15.6 Å². The molecule has 0 aliphatic rings. The number of carbonyl (C=O) groups is 1. The smallest absolute Gasteiger partial charge is 0.289 e. The molecule has 0 atom stereocenters. The summed E-state index contributed by atoms with van der Waals surface area (Å²) in [5, 5.41) is 22.9. The quantitative estimate of drug-likeness (QED) is 0.335. The van der Waals surface area contributed by atoms with Gasteiger partial charge < -0.3 is 9.84 Å². The van der Waals surface area contributed by atoms with Crippen LogP contribution in [0, 0.1) is 0 Å². The number of rotatable bonds is 6. The summed E-state index contributed by atoms with van der Waals surface area (Å²) < 4.78 is 5.34. The molecule has 0 radical (unpaired) electrons. The second kappa shape index (κ2) is 8.48. The molecule has 0 aliphatic heterocycles. The van der Waals surface area contributed by atoms with Gasteiger partial charge in [-0.25, -0.2) is 5.43 Å². The van der Waals surface area contributed by atoms with Gasteiger partial charge in [0.05, 0.1) is 18.5 Å². The Morgan fingerprint density at radius 3 is 2.87 bits per heavy atom. The van der Waals surface area contributed by atoms with Crippen LogP contribution in [0.25, 0.3) is 22.0 Å². The Hall–Kier alpha value is -4.13. The molecule has 3 N–H and O–H groups in total. The summed E-state index contributed by atoms with van der Waals surface area (Å²) in [6.07, 6.45) is 1.47. The minimum Gasteiger partial charge on any atom is -0.504 e. The lowest BCUT2D eigenvalue weighted by atomic mass is 10.0. The van der Waals surface area contributed by atoms with E-state index in [-0.39, 0.29) is 5.75 Å². The van der Waals surface area contributed by atoms with E-state index in [4.69, 9.17) is 4.74 Å². The van der Waals surface area contributed by atoms with Crippen molar-refractivity contribution in [1.29, 1.82) is 0 Å². The molecule has 0 spiro atoms. The molecule has 30 heavy (non-hydrogen) atoms. The van der Waals surface area contributed by atoms with Crippen LogP contribution in [0.3, 0.4) is 0 Å². The summed E-state index contributed by atoms with van der Waals surface area (Å²) >= 11 is 0. The maximum Gasteiger partial charge on any atom is 0.289 e. The number of ether oxygens (including phenoxy) is 1. The molecule has 7 nitrogen and oxygen atoms in total. The van der Waals surface area contributed by atoms with Crippen LogP contribution in [0.4, 0.5) is 0 Å². The highest BCUT2D eigenvalue weighted by Crippen LogP contribution is 2.28. The van der Waals surface area contributed by atoms with Gasteiger partial charge in [-0.05, 0) is 47.5 Å². The van der Waals surface area contributed by atoms with E-state index in [0.29, 0.717) is 29.3 Å². The summed E-state index contributed by atoms with van der Waals surface area (Å²) in [5.41, 5.74) is 5.08. The van der Waals surface area contributed by atoms with E-state index in [1.165, 1.54) is 12.3 Å². The number of phenols is 1. The lowest BCUT2D eigenvalue weighted by Gasteiger charge is -2.05. The van der Waals surface area contributed by atoms with E-state index in [9.17, 15) is 9.90 Å². The lowest BCUT2D eigenvalue weighted by Crippen LogP contribution is -2.18. The van der Waals surface area contributed by atoms with Crippen LogP contribution < -0.4 is 10.2 Å². The zero-order chi connectivity index (χ0) is 20.9. The van der Waals surface area contributed by atoms with Crippen LogP contribution in [-0.2, 0) is 0 Å². The Balaban J connectivity index is 1.48. The van der Waals surface area contributed by atoms with Crippen molar-refractivity contribution in [3.63, 3.8) is 0 Å². The molecule has 0 saturated carbocycles. The molecule has 0 saturated heterocycles. The van der Waals surface area contributed by atoms with Crippen LogP contribution in [0.1, 0.15) is 23.0 Å². The fraction of sp³-hybridized carbons (Fsp3) is 0.0870. The first-order valence-corrected chi connectivity index (χ1v) is 9.48. The topological polar surface area (TPSA) is 99.6 Å². The van der Waals surface area contributed by atoms with Gasteiger partial charge in [-0.15, -0.1) is 0 Å². The van der Waals surface area contributed by atoms with Gasteiger partial charge >= 0.3 is 0 Å². The van der Waals surface area contributed by atoms with Crippen molar-refractivity contribution in [2.24, 2.45) is 5.10 Å². The van der Waals surface area contributed by atoms with Gasteiger partial charge in [0.2, 0.25) is 0 Å². The van der Waals surface area contributed by atoms with E-state index < -0.39 is 5.91 Å². The predicted molar refractivity (Wildman–Crippen MR) is 116 cm³/mol. The molecule has 1 amide bonds. The summed E-state index contributed by atoms with van der Waals surface area (Å²) in [4.78, 5) is 12.4. The number of fused-ring (bicyclic) bond motifs is 1. The fourth-order valence-corrected chi connectivity index (χ4v) is 3.13. The van der Waals surface area contributed by atoms with Crippen molar-refractivity contribution in [3.05, 3.63) is 78.0 Å². The van der Waals surface area contributed by atoms with E-state index in [1.807, 2.05) is 49.4 Å². The molecule has 1 aromatic heterocycles. The molecule has 4 rings (SSSR count). The maximum absolute atomic E-state index is 12.4. The molecule has 1 heterocycles. The third-order valence-electron chi connectivity index (χ3n) is 4.55. The van der Waals surface area contributed by atoms with Crippen LogP contribution in [0.2, 0.25) is 0 Å². The zero-order valence-electron chi connectivity index (χ0n) is 16.3. The Morgan fingerprint density at radius 2 is 2.00 bits per heavy atom. The average molecular weight is 400 g/mol. The molecular weight excluding hydrogens is 380 g/mol. The Labute approximate surface area is 173 Å². The van der Waals surface area contributed by atoms with Crippen molar-refractivity contribution in [3.8, 4) is 22.8 Å². The number of nitrogens with one attached hydrogen (secondary N) is 2. The minimum absolute atomic E-state index is 0.0523. The number of amides is 1. The first kappa shape index (κ1) is 19.2. The van der Waals surface area contributed by atoms with Gasteiger partial charge in [0.15, 0.2) is 11.5 Å². The van der Waals surface area contributed by atoms with Gasteiger partial charge in [-0.1, -0.05) is 42.5 Å². The van der Waals surface area contributed by atoms with E-state index in [1.54, 1.807) is 18.2 Å². The number of aromatic amines is 1. The summed E-state index contributed by atoms with van der Waals surface area (Å²) in [7, 11) is 0. The largest absolute Gasteiger partial charge is 0.504 e. The average Bonchev–Trinajstić information content (AvgIpc) is 3.26. The van der Waals surface area contributed by atoms with Gasteiger partial charge in [-0.2, -0.15) is 10.2 Å². The van der Waals surface area contributed by atoms with Crippen molar-refractivity contribution in [2.45, 2.75) is 6.92 Å². The van der Waals surface area contributed by atoms with E-state index in [0.717, 1.165) is 16.3 Å². The SMILES string of the molecule is CCOc1cc(/C=N\NC(=O)c2cc(-c3cccc4ccccc34)n[nH]2)ccc1O. The van der Waals surface area contributed by atoms with Crippen LogP contribution >= 0.6 is 0 Å². The third-order valence-corrected chi connectivity index (χ3v) is 4.55. The molecule has 150 valence electrons. The number of hydrazone groups is 1. The molecule has 0 fully saturated rings. The maximum atomic E-state index is 12.4. The predicted octanol–water partition coefficient (Wildman–Crippen LogP) is 4.10. The summed E-state index contributed by atoms with van der Waals surface area (Å²) in [6, 6.07) is 20.5. The fourth-order valence-electron chi connectivity index (χ4n) is 3.13. The Bertz CT molecular complexity index is 1220. The van der Waals surface area contributed by atoms with Gasteiger partial charge in [-0.3, -0.25) is 9.89 Å². The normalized spacial score (nSPS) is 11.1. The zero-order valence-corrected chi connectivity index (χ0v) is 16.3. The Morgan fingerprint density at radius 1 is 1.17 bits per heavy atom. The Kier molecular flexibility index (Phi) is 5.43. The van der Waals surface area contributed by atoms with E-state index in [2.05, 4.69) is 20.7 Å². The van der Waals surface area contributed by atoms with Gasteiger partial charge in [0, 0.05) is 5.56 Å². The number of carbonyl (C=O) groups excluding carboxylic acids is 1. The highest BCUT2D eigenvalue weighted by Gasteiger charge is 2.12. The molecule has 7 heteroatoms. The molecule has 3 aromatic carbocycles. The second-order valence-corrected chi connectivity index (χ2v) is 6.55. The number of hydrogen-bond acceptors (Lipinski definition) is 5. The first-order chi connectivity index (χ1) is 14.7. The third kappa shape index (κ3) is 4.00.